The van der Waals surface area contributed by atoms with E-state index in [-0.39, 0.29) is 10.8 Å². The Bertz CT molecular complexity index is 738. The maximum Gasteiger partial charge on any atom is 0.182 e. The highest BCUT2D eigenvalue weighted by Crippen LogP contribution is 2.33. The van der Waals surface area contributed by atoms with Crippen LogP contribution in [0.2, 0.25) is 0 Å². The number of rotatable bonds is 4. The molecule has 2 rings (SSSR count). The molecular formula is C20H28N2O. The summed E-state index contributed by atoms with van der Waals surface area (Å²) in [6, 6.07) is 5.51. The predicted molar refractivity (Wildman–Crippen MR) is 97.1 cm³/mol. The molecule has 1 N–H and O–H groups in total. The lowest BCUT2D eigenvalue weighted by molar-refractivity contribution is 0.565. The van der Waals surface area contributed by atoms with Gasteiger partial charge in [0.15, 0.2) is 5.43 Å². The monoisotopic (exact) mass is 312 g/mol. The van der Waals surface area contributed by atoms with Gasteiger partial charge >= 0.3 is 0 Å². The third-order valence-corrected chi connectivity index (χ3v) is 4.22. The second-order valence-corrected chi connectivity index (χ2v) is 7.51. The molecule has 1 atom stereocenters. The van der Waals surface area contributed by atoms with Crippen molar-refractivity contribution in [2.75, 3.05) is 0 Å². The molecule has 2 aromatic rings. The van der Waals surface area contributed by atoms with Crippen molar-refractivity contribution in [1.82, 2.24) is 9.97 Å². The van der Waals surface area contributed by atoms with Gasteiger partial charge in [0.2, 0.25) is 0 Å². The van der Waals surface area contributed by atoms with Crippen molar-refractivity contribution in [3.8, 4) is 11.3 Å². The summed E-state index contributed by atoms with van der Waals surface area (Å²) in [5.41, 5.74) is 5.19. The summed E-state index contributed by atoms with van der Waals surface area (Å²) in [6.45, 7) is 12.9. The van der Waals surface area contributed by atoms with E-state index in [0.717, 1.165) is 35.5 Å². The Balaban J connectivity index is 2.64. The highest BCUT2D eigenvalue weighted by atomic mass is 16.1. The zero-order chi connectivity index (χ0) is 17.2. The van der Waals surface area contributed by atoms with Crippen LogP contribution in [-0.4, -0.2) is 9.97 Å². The van der Waals surface area contributed by atoms with Crippen molar-refractivity contribution >= 4 is 0 Å². The summed E-state index contributed by atoms with van der Waals surface area (Å²) >= 11 is 0. The van der Waals surface area contributed by atoms with Crippen LogP contribution < -0.4 is 5.43 Å². The molecule has 0 bridgehead atoms. The van der Waals surface area contributed by atoms with E-state index < -0.39 is 0 Å². The topological polar surface area (TPSA) is 45.8 Å². The zero-order valence-corrected chi connectivity index (χ0v) is 15.2. The molecule has 3 nitrogen and oxygen atoms in total. The van der Waals surface area contributed by atoms with Gasteiger partial charge in [0.05, 0.1) is 5.69 Å². The molecule has 3 heteroatoms. The standard InChI is InChI=1S/C20H28N2O/c1-7-8-13(2)16-11-19(20(4,5)6)21-12-17(16)18-10-15(23)9-14(3)22-18/h9-13H,7-8H2,1-6H3,(H,22,23)/t13-/m0/s1. The fourth-order valence-electron chi connectivity index (χ4n) is 2.93. The van der Waals surface area contributed by atoms with E-state index in [0.29, 0.717) is 5.92 Å². The Labute approximate surface area is 139 Å². The van der Waals surface area contributed by atoms with Crippen molar-refractivity contribution in [3.63, 3.8) is 0 Å². The van der Waals surface area contributed by atoms with Crippen LogP contribution in [0.3, 0.4) is 0 Å². The van der Waals surface area contributed by atoms with E-state index in [1.807, 2.05) is 13.1 Å². The molecule has 124 valence electrons. The molecule has 0 saturated heterocycles. The normalized spacial score (nSPS) is 13.1. The van der Waals surface area contributed by atoms with E-state index in [9.17, 15) is 4.79 Å². The molecule has 0 aliphatic carbocycles. The van der Waals surface area contributed by atoms with Crippen LogP contribution in [0.5, 0.6) is 0 Å². The summed E-state index contributed by atoms with van der Waals surface area (Å²) in [6.07, 6.45) is 4.18. The summed E-state index contributed by atoms with van der Waals surface area (Å²) in [7, 11) is 0. The molecule has 0 aliphatic heterocycles. The minimum Gasteiger partial charge on any atom is -0.358 e. The molecule has 0 saturated carbocycles. The van der Waals surface area contributed by atoms with Gasteiger partial charge in [0, 0.05) is 40.7 Å². The number of aromatic nitrogens is 2. The smallest absolute Gasteiger partial charge is 0.182 e. The molecule has 2 aromatic heterocycles. The van der Waals surface area contributed by atoms with Gasteiger partial charge in [-0.15, -0.1) is 0 Å². The van der Waals surface area contributed by atoms with Crippen molar-refractivity contribution in [2.24, 2.45) is 0 Å². The van der Waals surface area contributed by atoms with Crippen molar-refractivity contribution in [1.29, 1.82) is 0 Å². The molecular weight excluding hydrogens is 284 g/mol. The lowest BCUT2D eigenvalue weighted by Gasteiger charge is -2.22. The van der Waals surface area contributed by atoms with Gasteiger partial charge in [0.1, 0.15) is 0 Å². The maximum atomic E-state index is 11.9. The SMILES string of the molecule is CCC[C@H](C)c1cc(C(C)(C)C)ncc1-c1cc(=O)cc(C)[nH]1. The average Bonchev–Trinajstić information content (AvgIpc) is 2.45. The molecule has 0 amide bonds. The molecule has 2 heterocycles. The quantitative estimate of drug-likeness (QED) is 0.868. The Morgan fingerprint density at radius 3 is 2.48 bits per heavy atom. The first-order chi connectivity index (χ1) is 10.7. The number of nitrogens with one attached hydrogen (secondary N) is 1. The minimum atomic E-state index is 0.0131. The van der Waals surface area contributed by atoms with Gasteiger partial charge in [-0.25, -0.2) is 0 Å². The van der Waals surface area contributed by atoms with E-state index in [4.69, 9.17) is 0 Å². The van der Waals surface area contributed by atoms with Crippen LogP contribution in [0.25, 0.3) is 11.3 Å². The Morgan fingerprint density at radius 2 is 1.91 bits per heavy atom. The lowest BCUT2D eigenvalue weighted by atomic mass is 9.86. The first-order valence-electron chi connectivity index (χ1n) is 8.44. The van der Waals surface area contributed by atoms with Crippen LogP contribution in [0.4, 0.5) is 0 Å². The molecule has 23 heavy (non-hydrogen) atoms. The van der Waals surface area contributed by atoms with Crippen LogP contribution in [0, 0.1) is 6.92 Å². The Hall–Kier alpha value is -1.90. The van der Waals surface area contributed by atoms with E-state index in [1.54, 1.807) is 12.1 Å². The number of aromatic amines is 1. The molecule has 0 unspecified atom stereocenters. The van der Waals surface area contributed by atoms with Gasteiger partial charge in [-0.3, -0.25) is 9.78 Å². The second-order valence-electron chi connectivity index (χ2n) is 7.51. The van der Waals surface area contributed by atoms with Crippen LogP contribution in [0.1, 0.15) is 70.3 Å². The zero-order valence-electron chi connectivity index (χ0n) is 15.2. The van der Waals surface area contributed by atoms with E-state index in [2.05, 4.69) is 50.7 Å². The molecule has 0 fully saturated rings. The van der Waals surface area contributed by atoms with Gasteiger partial charge in [-0.2, -0.15) is 0 Å². The number of aryl methyl sites for hydroxylation is 1. The number of nitrogens with zero attached hydrogens (tertiary/aromatic N) is 1. The van der Waals surface area contributed by atoms with Crippen LogP contribution >= 0.6 is 0 Å². The fraction of sp³-hybridized carbons (Fsp3) is 0.500. The Morgan fingerprint density at radius 1 is 1.22 bits per heavy atom. The highest BCUT2D eigenvalue weighted by Gasteiger charge is 2.20. The average molecular weight is 312 g/mol. The second kappa shape index (κ2) is 6.69. The number of hydrogen-bond donors (Lipinski definition) is 1. The number of pyridine rings is 2. The Kier molecular flexibility index (Phi) is 5.08. The molecule has 0 spiro atoms. The first kappa shape index (κ1) is 17.5. The van der Waals surface area contributed by atoms with Crippen molar-refractivity contribution in [3.05, 3.63) is 51.6 Å². The first-order valence-corrected chi connectivity index (χ1v) is 8.44. The van der Waals surface area contributed by atoms with Crippen LogP contribution in [0.15, 0.2) is 29.2 Å². The van der Waals surface area contributed by atoms with Gasteiger partial charge < -0.3 is 4.98 Å². The summed E-state index contributed by atoms with van der Waals surface area (Å²) < 4.78 is 0. The number of H-pyrrole nitrogens is 1. The highest BCUT2D eigenvalue weighted by molar-refractivity contribution is 5.64. The van der Waals surface area contributed by atoms with Gasteiger partial charge in [0.25, 0.3) is 0 Å². The third-order valence-electron chi connectivity index (χ3n) is 4.22. The molecule has 0 aromatic carbocycles. The van der Waals surface area contributed by atoms with Gasteiger partial charge in [-0.1, -0.05) is 41.0 Å². The third kappa shape index (κ3) is 4.10. The number of hydrogen-bond acceptors (Lipinski definition) is 2. The fourth-order valence-corrected chi connectivity index (χ4v) is 2.93. The summed E-state index contributed by atoms with van der Waals surface area (Å²) in [5, 5.41) is 0. The van der Waals surface area contributed by atoms with Gasteiger partial charge in [-0.05, 0) is 30.9 Å². The van der Waals surface area contributed by atoms with Crippen molar-refractivity contribution < 1.29 is 0 Å². The maximum absolute atomic E-state index is 11.9. The van der Waals surface area contributed by atoms with E-state index in [1.165, 1.54) is 5.56 Å². The predicted octanol–water partition coefficient (Wildman–Crippen LogP) is 4.95. The molecule has 0 radical (unpaired) electrons. The lowest BCUT2D eigenvalue weighted by Crippen LogP contribution is -2.15. The minimum absolute atomic E-state index is 0.0131. The summed E-state index contributed by atoms with van der Waals surface area (Å²) in [4.78, 5) is 19.9. The largest absolute Gasteiger partial charge is 0.358 e. The van der Waals surface area contributed by atoms with E-state index >= 15 is 0 Å². The summed E-state index contributed by atoms with van der Waals surface area (Å²) in [5.74, 6) is 0.433. The van der Waals surface area contributed by atoms with Crippen molar-refractivity contribution in [2.45, 2.75) is 65.7 Å². The molecule has 0 aliphatic rings. The van der Waals surface area contributed by atoms with Crippen LogP contribution in [-0.2, 0) is 5.41 Å².